The minimum absolute atomic E-state index is 0.00288. The summed E-state index contributed by atoms with van der Waals surface area (Å²) in [4.78, 5) is 27.8. The van der Waals surface area contributed by atoms with Crippen LogP contribution in [0.15, 0.2) is 72.8 Å². The van der Waals surface area contributed by atoms with Gasteiger partial charge in [0.25, 0.3) is 5.91 Å². The predicted molar refractivity (Wildman–Crippen MR) is 118 cm³/mol. The fourth-order valence-electron chi connectivity index (χ4n) is 3.60. The molecule has 4 nitrogen and oxygen atoms in total. The summed E-state index contributed by atoms with van der Waals surface area (Å²) in [6.45, 7) is 2.01. The fraction of sp³-hybridized carbons (Fsp3) is 0.130. The van der Waals surface area contributed by atoms with E-state index in [-0.39, 0.29) is 24.4 Å². The maximum absolute atomic E-state index is 13.5. The zero-order chi connectivity index (χ0) is 19.7. The van der Waals surface area contributed by atoms with Crippen molar-refractivity contribution in [3.05, 3.63) is 98.6 Å². The number of aryl methyl sites for hydroxylation is 1. The summed E-state index contributed by atoms with van der Waals surface area (Å²) >= 11 is 2.17. The third kappa shape index (κ3) is 3.54. The van der Waals surface area contributed by atoms with Crippen molar-refractivity contribution < 1.29 is 9.59 Å². The van der Waals surface area contributed by atoms with Crippen molar-refractivity contribution in [2.45, 2.75) is 13.0 Å². The van der Waals surface area contributed by atoms with Crippen molar-refractivity contribution in [2.24, 2.45) is 0 Å². The molecule has 1 aliphatic rings. The fourth-order valence-corrected chi connectivity index (χ4v) is 4.22. The van der Waals surface area contributed by atoms with Crippen LogP contribution in [0, 0.1) is 10.5 Å². The van der Waals surface area contributed by atoms with Gasteiger partial charge in [-0.15, -0.1) is 0 Å². The lowest BCUT2D eigenvalue weighted by molar-refractivity contribution is -0.117. The first-order chi connectivity index (χ1) is 13.5. The number of rotatable bonds is 2. The number of carbonyl (C=O) groups is 2. The summed E-state index contributed by atoms with van der Waals surface area (Å²) in [5.41, 5.74) is 4.34. The second-order valence-electron chi connectivity index (χ2n) is 6.87. The van der Waals surface area contributed by atoms with E-state index in [0.29, 0.717) is 5.56 Å². The van der Waals surface area contributed by atoms with Crippen LogP contribution < -0.4 is 5.32 Å². The standard InChI is InChI=1S/C23H19IN2O2/c1-15-11-12-20-18(13-15)22(16-7-3-2-4-8-16)26(14-21(27)25-20)23(28)17-9-5-6-10-19(17)24/h2-13,22H,14H2,1H3,(H,25,27)/t22-/m0/s1. The Kier molecular flexibility index (Phi) is 5.17. The van der Waals surface area contributed by atoms with Crippen molar-refractivity contribution in [1.29, 1.82) is 0 Å². The van der Waals surface area contributed by atoms with Gasteiger partial charge in [-0.2, -0.15) is 0 Å². The van der Waals surface area contributed by atoms with E-state index < -0.39 is 0 Å². The highest BCUT2D eigenvalue weighted by Crippen LogP contribution is 2.37. The van der Waals surface area contributed by atoms with Crippen molar-refractivity contribution in [1.82, 2.24) is 4.90 Å². The molecule has 0 saturated carbocycles. The van der Waals surface area contributed by atoms with E-state index in [1.807, 2.05) is 73.7 Å². The molecule has 0 aliphatic carbocycles. The van der Waals surface area contributed by atoms with E-state index in [9.17, 15) is 9.59 Å². The molecular formula is C23H19IN2O2. The van der Waals surface area contributed by atoms with Crippen molar-refractivity contribution in [2.75, 3.05) is 11.9 Å². The van der Waals surface area contributed by atoms with Gasteiger partial charge in [0.15, 0.2) is 0 Å². The van der Waals surface area contributed by atoms with E-state index >= 15 is 0 Å². The number of nitrogens with zero attached hydrogens (tertiary/aromatic N) is 1. The average Bonchev–Trinajstić information content (AvgIpc) is 2.84. The van der Waals surface area contributed by atoms with E-state index in [2.05, 4.69) is 34.0 Å². The number of amides is 2. The first-order valence-electron chi connectivity index (χ1n) is 9.05. The molecule has 3 aromatic carbocycles. The van der Waals surface area contributed by atoms with Gasteiger partial charge in [-0.3, -0.25) is 9.59 Å². The number of halogens is 1. The number of fused-ring (bicyclic) bond motifs is 1. The molecule has 0 unspecified atom stereocenters. The molecule has 5 heteroatoms. The first kappa shape index (κ1) is 18.7. The molecule has 28 heavy (non-hydrogen) atoms. The number of carbonyl (C=O) groups excluding carboxylic acids is 2. The first-order valence-corrected chi connectivity index (χ1v) is 10.1. The van der Waals surface area contributed by atoms with E-state index in [0.717, 1.165) is 25.9 Å². The number of benzene rings is 3. The second kappa shape index (κ2) is 7.75. The molecule has 0 spiro atoms. The van der Waals surface area contributed by atoms with Gasteiger partial charge in [0, 0.05) is 14.8 Å². The van der Waals surface area contributed by atoms with Gasteiger partial charge in [-0.05, 0) is 53.3 Å². The minimum atomic E-state index is -0.349. The summed E-state index contributed by atoms with van der Waals surface area (Å²) in [5, 5.41) is 2.97. The third-order valence-electron chi connectivity index (χ3n) is 4.88. The summed E-state index contributed by atoms with van der Waals surface area (Å²) < 4.78 is 0.867. The monoisotopic (exact) mass is 482 g/mol. The van der Waals surface area contributed by atoms with Crippen molar-refractivity contribution in [3.8, 4) is 0 Å². The molecule has 1 aliphatic heterocycles. The van der Waals surface area contributed by atoms with Gasteiger partial charge in [-0.1, -0.05) is 60.2 Å². The van der Waals surface area contributed by atoms with Crippen LogP contribution in [0.5, 0.6) is 0 Å². The molecule has 2 amide bonds. The molecule has 1 N–H and O–H groups in total. The van der Waals surface area contributed by atoms with Crippen LogP contribution in [-0.2, 0) is 4.79 Å². The van der Waals surface area contributed by atoms with Crippen LogP contribution >= 0.6 is 22.6 Å². The van der Waals surface area contributed by atoms with E-state index in [1.165, 1.54) is 0 Å². The Hall–Kier alpha value is -2.67. The minimum Gasteiger partial charge on any atom is -0.324 e. The summed E-state index contributed by atoms with van der Waals surface area (Å²) in [6, 6.07) is 22.9. The Labute approximate surface area is 177 Å². The van der Waals surface area contributed by atoms with Crippen LogP contribution in [0.3, 0.4) is 0 Å². The molecule has 140 valence electrons. The lowest BCUT2D eigenvalue weighted by Crippen LogP contribution is -2.39. The van der Waals surface area contributed by atoms with Crippen LogP contribution in [0.25, 0.3) is 0 Å². The van der Waals surface area contributed by atoms with Crippen LogP contribution in [0.4, 0.5) is 5.69 Å². The second-order valence-corrected chi connectivity index (χ2v) is 8.03. The molecule has 0 fully saturated rings. The number of hydrogen-bond acceptors (Lipinski definition) is 2. The highest BCUT2D eigenvalue weighted by Gasteiger charge is 2.34. The summed E-state index contributed by atoms with van der Waals surface area (Å²) in [7, 11) is 0. The SMILES string of the molecule is Cc1ccc2c(c1)[C@H](c1ccccc1)N(C(=O)c1ccccc1I)CC(=O)N2. The summed E-state index contributed by atoms with van der Waals surface area (Å²) in [5.74, 6) is -0.341. The number of nitrogens with one attached hydrogen (secondary N) is 1. The summed E-state index contributed by atoms with van der Waals surface area (Å²) in [6.07, 6.45) is 0. The van der Waals surface area contributed by atoms with Gasteiger partial charge in [-0.25, -0.2) is 0 Å². The van der Waals surface area contributed by atoms with Crippen LogP contribution in [-0.4, -0.2) is 23.3 Å². The quantitative estimate of drug-likeness (QED) is 0.535. The van der Waals surface area contributed by atoms with Gasteiger partial charge in [0.05, 0.1) is 11.6 Å². The molecule has 3 aromatic rings. The van der Waals surface area contributed by atoms with Crippen molar-refractivity contribution in [3.63, 3.8) is 0 Å². The Morgan fingerprint density at radius 1 is 1.04 bits per heavy atom. The Balaban J connectivity index is 1.91. The number of anilines is 1. The smallest absolute Gasteiger partial charge is 0.256 e. The Morgan fingerprint density at radius 2 is 1.75 bits per heavy atom. The topological polar surface area (TPSA) is 49.4 Å². The molecule has 0 saturated heterocycles. The molecule has 0 radical (unpaired) electrons. The third-order valence-corrected chi connectivity index (χ3v) is 5.82. The van der Waals surface area contributed by atoms with E-state index in [1.54, 1.807) is 4.90 Å². The molecule has 0 aromatic heterocycles. The maximum Gasteiger partial charge on any atom is 0.256 e. The van der Waals surface area contributed by atoms with Crippen LogP contribution in [0.2, 0.25) is 0 Å². The Bertz CT molecular complexity index is 1050. The average molecular weight is 482 g/mol. The lowest BCUT2D eigenvalue weighted by Gasteiger charge is -2.31. The highest BCUT2D eigenvalue weighted by molar-refractivity contribution is 14.1. The molecule has 0 bridgehead atoms. The van der Waals surface area contributed by atoms with Gasteiger partial charge in [0.1, 0.15) is 6.54 Å². The predicted octanol–water partition coefficient (Wildman–Crippen LogP) is 4.78. The Morgan fingerprint density at radius 3 is 2.50 bits per heavy atom. The van der Waals surface area contributed by atoms with Crippen LogP contribution in [0.1, 0.15) is 33.1 Å². The molecule has 1 atom stereocenters. The zero-order valence-electron chi connectivity index (χ0n) is 15.4. The largest absolute Gasteiger partial charge is 0.324 e. The van der Waals surface area contributed by atoms with Gasteiger partial charge >= 0.3 is 0 Å². The zero-order valence-corrected chi connectivity index (χ0v) is 17.5. The molecular weight excluding hydrogens is 463 g/mol. The lowest BCUT2D eigenvalue weighted by atomic mass is 9.94. The molecule has 4 rings (SSSR count). The highest BCUT2D eigenvalue weighted by atomic mass is 127. The van der Waals surface area contributed by atoms with Gasteiger partial charge in [0.2, 0.25) is 5.91 Å². The number of hydrogen-bond donors (Lipinski definition) is 1. The molecule has 1 heterocycles. The van der Waals surface area contributed by atoms with Gasteiger partial charge < -0.3 is 10.2 Å². The van der Waals surface area contributed by atoms with Crippen molar-refractivity contribution >= 4 is 40.1 Å². The maximum atomic E-state index is 13.5. The normalized spacial score (nSPS) is 16.1. The van der Waals surface area contributed by atoms with E-state index in [4.69, 9.17) is 0 Å².